The summed E-state index contributed by atoms with van der Waals surface area (Å²) in [5.41, 5.74) is 8.70. The third kappa shape index (κ3) is 3.68. The average molecular weight is 320 g/mol. The number of nitrogens with two attached hydrogens (primary N) is 1. The third-order valence-electron chi connectivity index (χ3n) is 3.37. The van der Waals surface area contributed by atoms with Crippen molar-refractivity contribution < 1.29 is 0 Å². The van der Waals surface area contributed by atoms with Gasteiger partial charge in [0.25, 0.3) is 0 Å². The summed E-state index contributed by atoms with van der Waals surface area (Å²) >= 11 is 3.53. The highest BCUT2D eigenvalue weighted by Gasteiger charge is 2.26. The van der Waals surface area contributed by atoms with Crippen LogP contribution in [0.4, 0.5) is 0 Å². The smallest absolute Gasteiger partial charge is 0.0234 e. The van der Waals surface area contributed by atoms with Gasteiger partial charge in [0.05, 0.1) is 0 Å². The van der Waals surface area contributed by atoms with E-state index in [1.54, 1.807) is 0 Å². The van der Waals surface area contributed by atoms with Crippen LogP contribution < -0.4 is 5.73 Å². The van der Waals surface area contributed by atoms with Crippen LogP contribution in [0.15, 0.2) is 22.7 Å². The molecule has 1 aromatic carbocycles. The first-order chi connectivity index (χ1) is 7.56. The van der Waals surface area contributed by atoms with Gasteiger partial charge in [-0.25, -0.2) is 0 Å². The molecule has 1 heterocycles. The largest absolute Gasteiger partial charge is 0.326 e. The van der Waals surface area contributed by atoms with Gasteiger partial charge in [-0.3, -0.25) is 4.90 Å². The van der Waals surface area contributed by atoms with E-state index in [0.29, 0.717) is 12.0 Å². The van der Waals surface area contributed by atoms with Gasteiger partial charge >= 0.3 is 0 Å². The molecule has 4 heteroatoms. The Hall–Kier alpha value is -0.0900. The van der Waals surface area contributed by atoms with Crippen molar-refractivity contribution in [1.82, 2.24) is 4.90 Å². The number of rotatable bonds is 2. The molecule has 2 rings (SSSR count). The maximum atomic E-state index is 6.03. The highest BCUT2D eigenvalue weighted by molar-refractivity contribution is 9.10. The molecule has 2 N–H and O–H groups in total. The molecule has 1 fully saturated rings. The van der Waals surface area contributed by atoms with Crippen molar-refractivity contribution in [3.63, 3.8) is 0 Å². The molecule has 96 valence electrons. The molecule has 0 spiro atoms. The van der Waals surface area contributed by atoms with E-state index in [1.165, 1.54) is 15.6 Å². The van der Waals surface area contributed by atoms with E-state index in [0.717, 1.165) is 19.6 Å². The molecule has 1 aliphatic rings. The van der Waals surface area contributed by atoms with Crippen molar-refractivity contribution in [2.45, 2.75) is 26.4 Å². The van der Waals surface area contributed by atoms with Crippen LogP contribution in [0.2, 0.25) is 0 Å². The number of nitrogens with zero attached hydrogens (tertiary/aromatic N) is 1. The zero-order chi connectivity index (χ0) is 11.7. The molecule has 0 radical (unpaired) electrons. The Morgan fingerprint density at radius 3 is 2.65 bits per heavy atom. The van der Waals surface area contributed by atoms with Crippen molar-refractivity contribution >= 4 is 28.3 Å². The Balaban J connectivity index is 0.00000144. The zero-order valence-corrected chi connectivity index (χ0v) is 12.7. The predicted molar refractivity (Wildman–Crippen MR) is 78.5 cm³/mol. The first-order valence-electron chi connectivity index (χ1n) is 5.79. The maximum absolute atomic E-state index is 6.03. The van der Waals surface area contributed by atoms with Gasteiger partial charge in [-0.1, -0.05) is 35.0 Å². The van der Waals surface area contributed by atoms with Crippen molar-refractivity contribution in [3.8, 4) is 0 Å². The molecule has 2 unspecified atom stereocenters. The number of hydrogen-bond donors (Lipinski definition) is 1. The minimum Gasteiger partial charge on any atom is -0.326 e. The summed E-state index contributed by atoms with van der Waals surface area (Å²) in [6.07, 6.45) is 0. The van der Waals surface area contributed by atoms with Gasteiger partial charge in [0.2, 0.25) is 0 Å². The summed E-state index contributed by atoms with van der Waals surface area (Å²) in [6.45, 7) is 7.53. The van der Waals surface area contributed by atoms with Crippen LogP contribution in [-0.2, 0) is 6.54 Å². The van der Waals surface area contributed by atoms with Crippen LogP contribution in [-0.4, -0.2) is 24.0 Å². The number of benzene rings is 1. The molecule has 0 aliphatic carbocycles. The van der Waals surface area contributed by atoms with Crippen LogP contribution in [0.5, 0.6) is 0 Å². The summed E-state index contributed by atoms with van der Waals surface area (Å²) in [5.74, 6) is 0.622. The summed E-state index contributed by atoms with van der Waals surface area (Å²) < 4.78 is 1.18. The van der Waals surface area contributed by atoms with E-state index in [-0.39, 0.29) is 12.4 Å². The van der Waals surface area contributed by atoms with Crippen molar-refractivity contribution in [2.24, 2.45) is 11.7 Å². The van der Waals surface area contributed by atoms with E-state index in [2.05, 4.69) is 52.9 Å². The fourth-order valence-corrected chi connectivity index (χ4v) is 2.53. The van der Waals surface area contributed by atoms with Gasteiger partial charge in [-0.05, 0) is 30.0 Å². The first-order valence-corrected chi connectivity index (χ1v) is 6.58. The summed E-state index contributed by atoms with van der Waals surface area (Å²) in [7, 11) is 0. The molecule has 0 aromatic heterocycles. The Morgan fingerprint density at radius 1 is 1.41 bits per heavy atom. The fourth-order valence-electron chi connectivity index (χ4n) is 2.29. The van der Waals surface area contributed by atoms with E-state index < -0.39 is 0 Å². The molecule has 1 aliphatic heterocycles. The quantitative estimate of drug-likeness (QED) is 0.908. The maximum Gasteiger partial charge on any atom is 0.0234 e. The van der Waals surface area contributed by atoms with Gasteiger partial charge in [-0.2, -0.15) is 0 Å². The summed E-state index contributed by atoms with van der Waals surface area (Å²) in [5, 5.41) is 0. The molecule has 0 saturated carbocycles. The number of halogens is 2. The Labute approximate surface area is 118 Å². The van der Waals surface area contributed by atoms with Crippen LogP contribution >= 0.6 is 28.3 Å². The Bertz CT molecular complexity index is 374. The third-order valence-corrected chi connectivity index (χ3v) is 4.26. The van der Waals surface area contributed by atoms with E-state index in [4.69, 9.17) is 5.73 Å². The molecular formula is C13H20BrClN2. The molecule has 2 nitrogen and oxygen atoms in total. The monoisotopic (exact) mass is 318 g/mol. The van der Waals surface area contributed by atoms with Crippen LogP contribution in [0.25, 0.3) is 0 Å². The SMILES string of the molecule is Cc1cc(CN2CC(C)C(N)C2)ccc1Br.Cl. The lowest BCUT2D eigenvalue weighted by molar-refractivity contribution is 0.319. The van der Waals surface area contributed by atoms with Crippen molar-refractivity contribution in [1.29, 1.82) is 0 Å². The summed E-state index contributed by atoms with van der Waals surface area (Å²) in [4.78, 5) is 2.44. The lowest BCUT2D eigenvalue weighted by Gasteiger charge is -2.15. The standard InChI is InChI=1S/C13H19BrN2.ClH/c1-9-5-11(3-4-12(9)14)7-16-6-10(2)13(15)8-16;/h3-5,10,13H,6-8,15H2,1-2H3;1H. The second-order valence-electron chi connectivity index (χ2n) is 4.92. The average Bonchev–Trinajstić information content (AvgIpc) is 2.52. The molecule has 0 bridgehead atoms. The van der Waals surface area contributed by atoms with E-state index in [9.17, 15) is 0 Å². The van der Waals surface area contributed by atoms with Gasteiger partial charge in [0, 0.05) is 30.1 Å². The van der Waals surface area contributed by atoms with Crippen molar-refractivity contribution in [2.75, 3.05) is 13.1 Å². The molecule has 17 heavy (non-hydrogen) atoms. The van der Waals surface area contributed by atoms with E-state index in [1.807, 2.05) is 0 Å². The lowest BCUT2D eigenvalue weighted by atomic mass is 10.1. The highest BCUT2D eigenvalue weighted by Crippen LogP contribution is 2.21. The van der Waals surface area contributed by atoms with Crippen molar-refractivity contribution in [3.05, 3.63) is 33.8 Å². The van der Waals surface area contributed by atoms with Crippen LogP contribution in [0.3, 0.4) is 0 Å². The molecule has 1 saturated heterocycles. The molecular weight excluding hydrogens is 300 g/mol. The fraction of sp³-hybridized carbons (Fsp3) is 0.538. The Kier molecular flexibility index (Phi) is 5.45. The van der Waals surface area contributed by atoms with E-state index >= 15 is 0 Å². The molecule has 2 atom stereocenters. The van der Waals surface area contributed by atoms with Gasteiger partial charge < -0.3 is 5.73 Å². The number of likely N-dealkylation sites (tertiary alicyclic amines) is 1. The predicted octanol–water partition coefficient (Wildman–Crippen LogP) is 2.96. The molecule has 1 aromatic rings. The van der Waals surface area contributed by atoms with Gasteiger partial charge in [0.15, 0.2) is 0 Å². The van der Waals surface area contributed by atoms with Crippen LogP contribution in [0.1, 0.15) is 18.1 Å². The topological polar surface area (TPSA) is 29.3 Å². The molecule has 0 amide bonds. The van der Waals surface area contributed by atoms with Gasteiger partial charge in [-0.15, -0.1) is 12.4 Å². The second-order valence-corrected chi connectivity index (χ2v) is 5.77. The lowest BCUT2D eigenvalue weighted by Crippen LogP contribution is -2.28. The minimum absolute atomic E-state index is 0. The van der Waals surface area contributed by atoms with Gasteiger partial charge in [0.1, 0.15) is 0 Å². The van der Waals surface area contributed by atoms with Crippen LogP contribution in [0, 0.1) is 12.8 Å². The number of hydrogen-bond acceptors (Lipinski definition) is 2. The second kappa shape index (κ2) is 6.19. The highest BCUT2D eigenvalue weighted by atomic mass is 79.9. The first kappa shape index (κ1) is 15.0. The zero-order valence-electron chi connectivity index (χ0n) is 10.3. The summed E-state index contributed by atoms with van der Waals surface area (Å²) in [6, 6.07) is 6.91. The number of aryl methyl sites for hydroxylation is 1. The Morgan fingerprint density at radius 2 is 2.12 bits per heavy atom. The normalized spacial score (nSPS) is 24.7. The minimum atomic E-state index is 0.